The van der Waals surface area contributed by atoms with Gasteiger partial charge < -0.3 is 5.32 Å². The Labute approximate surface area is 124 Å². The summed E-state index contributed by atoms with van der Waals surface area (Å²) in [6.07, 6.45) is 3.30. The summed E-state index contributed by atoms with van der Waals surface area (Å²) < 4.78 is 0. The number of hydrogen-bond donors (Lipinski definition) is 1. The molecule has 0 bridgehead atoms. The molecule has 1 aliphatic carbocycles. The van der Waals surface area contributed by atoms with E-state index in [2.05, 4.69) is 5.32 Å². The van der Waals surface area contributed by atoms with Gasteiger partial charge in [0.15, 0.2) is 5.78 Å². The molecular formula is C18H17NO2. The molecule has 0 atom stereocenters. The van der Waals surface area contributed by atoms with Crippen LogP contribution in [-0.4, -0.2) is 11.7 Å². The van der Waals surface area contributed by atoms with Crippen LogP contribution in [0.1, 0.15) is 45.2 Å². The highest BCUT2D eigenvalue weighted by atomic mass is 16.1. The summed E-state index contributed by atoms with van der Waals surface area (Å²) in [5.41, 5.74) is 4.36. The minimum absolute atomic E-state index is 0.0557. The zero-order valence-corrected chi connectivity index (χ0v) is 12.0. The molecule has 0 radical (unpaired) electrons. The number of carbonyl (C=O) groups excluding carboxylic acids is 2. The lowest BCUT2D eigenvalue weighted by Gasteiger charge is -2.10. The van der Waals surface area contributed by atoms with Crippen molar-refractivity contribution < 1.29 is 9.59 Å². The number of carbonyl (C=O) groups is 2. The quantitative estimate of drug-likeness (QED) is 0.872. The Bertz CT molecular complexity index is 719. The second-order valence-corrected chi connectivity index (χ2v) is 5.39. The number of nitrogens with one attached hydrogen (secondary N) is 1. The number of anilines is 1. The fourth-order valence-electron chi connectivity index (χ4n) is 2.81. The molecule has 21 heavy (non-hydrogen) atoms. The molecule has 3 heteroatoms. The summed E-state index contributed by atoms with van der Waals surface area (Å²) in [6, 6.07) is 12.9. The third-order valence-electron chi connectivity index (χ3n) is 3.92. The topological polar surface area (TPSA) is 46.2 Å². The third-order valence-corrected chi connectivity index (χ3v) is 3.92. The van der Waals surface area contributed by atoms with Gasteiger partial charge in [-0.05, 0) is 61.6 Å². The molecule has 2 aromatic rings. The average Bonchev–Trinajstić information content (AvgIpc) is 2.94. The predicted octanol–water partition coefficient (Wildman–Crippen LogP) is 3.63. The van der Waals surface area contributed by atoms with Gasteiger partial charge in [-0.2, -0.15) is 0 Å². The van der Waals surface area contributed by atoms with Gasteiger partial charge in [-0.15, -0.1) is 0 Å². The minimum Gasteiger partial charge on any atom is -0.321 e. The first-order valence-electron chi connectivity index (χ1n) is 7.18. The molecule has 1 aliphatic rings. The first-order chi connectivity index (χ1) is 10.1. The molecule has 0 saturated carbocycles. The lowest BCUT2D eigenvalue weighted by molar-refractivity contribution is 0.101. The van der Waals surface area contributed by atoms with E-state index in [0.717, 1.165) is 19.3 Å². The van der Waals surface area contributed by atoms with Gasteiger partial charge in [-0.25, -0.2) is 0 Å². The van der Waals surface area contributed by atoms with Crippen molar-refractivity contribution in [2.45, 2.75) is 26.2 Å². The zero-order valence-electron chi connectivity index (χ0n) is 12.0. The fourth-order valence-corrected chi connectivity index (χ4v) is 2.81. The molecule has 0 spiro atoms. The van der Waals surface area contributed by atoms with E-state index in [1.165, 1.54) is 18.1 Å². The lowest BCUT2D eigenvalue weighted by atomic mass is 10.1. The summed E-state index contributed by atoms with van der Waals surface area (Å²) >= 11 is 0. The highest BCUT2D eigenvalue weighted by molar-refractivity contribution is 6.09. The maximum Gasteiger partial charge on any atom is 0.255 e. The van der Waals surface area contributed by atoms with Crippen molar-refractivity contribution in [3.8, 4) is 0 Å². The maximum atomic E-state index is 12.4. The van der Waals surface area contributed by atoms with Gasteiger partial charge in [0, 0.05) is 11.1 Å². The average molecular weight is 279 g/mol. The van der Waals surface area contributed by atoms with Crippen molar-refractivity contribution in [1.29, 1.82) is 0 Å². The molecule has 0 aliphatic heterocycles. The standard InChI is InChI=1S/C18H17NO2/c1-12(20)16-7-2-3-8-17(16)19-18(21)15-10-9-13-5-4-6-14(13)11-15/h2-3,7-11H,4-6H2,1H3,(H,19,21). The summed E-state index contributed by atoms with van der Waals surface area (Å²) in [5.74, 6) is -0.224. The van der Waals surface area contributed by atoms with Crippen LogP contribution in [0.3, 0.4) is 0 Å². The maximum absolute atomic E-state index is 12.4. The lowest BCUT2D eigenvalue weighted by Crippen LogP contribution is -2.14. The SMILES string of the molecule is CC(=O)c1ccccc1NC(=O)c1ccc2c(c1)CCC2. The number of aryl methyl sites for hydroxylation is 2. The Hall–Kier alpha value is -2.42. The molecule has 3 rings (SSSR count). The summed E-state index contributed by atoms with van der Waals surface area (Å²) in [6.45, 7) is 1.50. The molecule has 0 saturated heterocycles. The third kappa shape index (κ3) is 2.72. The van der Waals surface area contributed by atoms with Crippen molar-refractivity contribution in [2.75, 3.05) is 5.32 Å². The Morgan fingerprint density at radius 3 is 2.57 bits per heavy atom. The zero-order chi connectivity index (χ0) is 14.8. The molecular weight excluding hydrogens is 262 g/mol. The number of Topliss-reactive ketones (excluding diaryl/α,β-unsaturated/α-hetero) is 1. The molecule has 106 valence electrons. The minimum atomic E-state index is -0.168. The smallest absolute Gasteiger partial charge is 0.255 e. The molecule has 0 heterocycles. The molecule has 0 fully saturated rings. The summed E-state index contributed by atoms with van der Waals surface area (Å²) in [4.78, 5) is 24.0. The monoisotopic (exact) mass is 279 g/mol. The van der Waals surface area contributed by atoms with Crippen LogP contribution < -0.4 is 5.32 Å². The molecule has 2 aromatic carbocycles. The van der Waals surface area contributed by atoms with Crippen LogP contribution in [-0.2, 0) is 12.8 Å². The Morgan fingerprint density at radius 1 is 1.00 bits per heavy atom. The van der Waals surface area contributed by atoms with E-state index in [1.54, 1.807) is 18.2 Å². The first kappa shape index (κ1) is 13.6. The number of hydrogen-bond acceptors (Lipinski definition) is 2. The van der Waals surface area contributed by atoms with Crippen molar-refractivity contribution in [1.82, 2.24) is 0 Å². The van der Waals surface area contributed by atoms with Gasteiger partial charge in [0.1, 0.15) is 0 Å². The van der Waals surface area contributed by atoms with E-state index in [9.17, 15) is 9.59 Å². The number of fused-ring (bicyclic) bond motifs is 1. The van der Waals surface area contributed by atoms with Crippen LogP contribution in [0.25, 0.3) is 0 Å². The van der Waals surface area contributed by atoms with E-state index in [4.69, 9.17) is 0 Å². The second-order valence-electron chi connectivity index (χ2n) is 5.39. The van der Waals surface area contributed by atoms with Gasteiger partial charge >= 0.3 is 0 Å². The van der Waals surface area contributed by atoms with E-state index in [1.807, 2.05) is 24.3 Å². The van der Waals surface area contributed by atoms with Gasteiger partial charge in [0.05, 0.1) is 5.69 Å². The summed E-state index contributed by atoms with van der Waals surface area (Å²) in [5, 5.41) is 2.84. The van der Waals surface area contributed by atoms with E-state index in [-0.39, 0.29) is 11.7 Å². The van der Waals surface area contributed by atoms with Crippen molar-refractivity contribution >= 4 is 17.4 Å². The number of ketones is 1. The number of amides is 1. The first-order valence-corrected chi connectivity index (χ1v) is 7.18. The van der Waals surface area contributed by atoms with Crippen molar-refractivity contribution in [3.63, 3.8) is 0 Å². The van der Waals surface area contributed by atoms with E-state index >= 15 is 0 Å². The molecule has 1 N–H and O–H groups in total. The molecule has 1 amide bonds. The number of para-hydroxylation sites is 1. The van der Waals surface area contributed by atoms with Crippen LogP contribution in [0, 0.1) is 0 Å². The van der Waals surface area contributed by atoms with Crippen LogP contribution in [0.2, 0.25) is 0 Å². The Morgan fingerprint density at radius 2 is 1.76 bits per heavy atom. The molecule has 3 nitrogen and oxygen atoms in total. The largest absolute Gasteiger partial charge is 0.321 e. The van der Waals surface area contributed by atoms with Gasteiger partial charge in [0.25, 0.3) is 5.91 Å². The fraction of sp³-hybridized carbons (Fsp3) is 0.222. The molecule has 0 unspecified atom stereocenters. The van der Waals surface area contributed by atoms with Gasteiger partial charge in [-0.3, -0.25) is 9.59 Å². The predicted molar refractivity (Wildman–Crippen MR) is 82.9 cm³/mol. The van der Waals surface area contributed by atoms with Gasteiger partial charge in [0.2, 0.25) is 0 Å². The van der Waals surface area contributed by atoms with E-state index < -0.39 is 0 Å². The Balaban J connectivity index is 1.85. The van der Waals surface area contributed by atoms with Crippen LogP contribution >= 0.6 is 0 Å². The highest BCUT2D eigenvalue weighted by Gasteiger charge is 2.15. The molecule has 0 aromatic heterocycles. The number of rotatable bonds is 3. The van der Waals surface area contributed by atoms with Gasteiger partial charge in [-0.1, -0.05) is 18.2 Å². The van der Waals surface area contributed by atoms with Crippen molar-refractivity contribution in [2.24, 2.45) is 0 Å². The van der Waals surface area contributed by atoms with E-state index in [0.29, 0.717) is 16.8 Å². The van der Waals surface area contributed by atoms with Crippen LogP contribution in [0.15, 0.2) is 42.5 Å². The normalized spacial score (nSPS) is 12.8. The van der Waals surface area contributed by atoms with Crippen LogP contribution in [0.5, 0.6) is 0 Å². The summed E-state index contributed by atoms with van der Waals surface area (Å²) in [7, 11) is 0. The van der Waals surface area contributed by atoms with Crippen molar-refractivity contribution in [3.05, 3.63) is 64.7 Å². The van der Waals surface area contributed by atoms with Crippen LogP contribution in [0.4, 0.5) is 5.69 Å². The highest BCUT2D eigenvalue weighted by Crippen LogP contribution is 2.23. The number of benzene rings is 2. The second kappa shape index (κ2) is 5.52. The Kier molecular flexibility index (Phi) is 3.57.